The summed E-state index contributed by atoms with van der Waals surface area (Å²) >= 11 is 0. The number of carbonyl (C=O) groups excluding carboxylic acids is 2. The van der Waals surface area contributed by atoms with Crippen molar-refractivity contribution in [2.75, 3.05) is 36.1 Å². The highest BCUT2D eigenvalue weighted by Gasteiger charge is 2.38. The minimum absolute atomic E-state index is 0.0632. The van der Waals surface area contributed by atoms with Gasteiger partial charge in [-0.3, -0.25) is 9.59 Å². The Morgan fingerprint density at radius 2 is 1.95 bits per heavy atom. The molecule has 1 fully saturated rings. The first kappa shape index (κ1) is 28.4. The fraction of sp³-hybridized carbons (Fsp3) is 0.435. The SMILES string of the molecule is Cc1c(C(F)(F)F)cnc(N2CCCC(F)(F)CC2)c1C(=O)Nc1cccc([S@@](C)(=O)=NC(=O)CN)c1. The monoisotopic (exact) mass is 547 g/mol. The minimum atomic E-state index is -4.80. The molecule has 3 N–H and O–H groups in total. The Balaban J connectivity index is 2.04. The highest BCUT2D eigenvalue weighted by Crippen LogP contribution is 2.37. The van der Waals surface area contributed by atoms with E-state index in [-0.39, 0.29) is 42.3 Å². The van der Waals surface area contributed by atoms with E-state index in [9.17, 15) is 35.8 Å². The fourth-order valence-corrected chi connectivity index (χ4v) is 5.20. The van der Waals surface area contributed by atoms with Crippen molar-refractivity contribution in [1.82, 2.24) is 4.98 Å². The largest absolute Gasteiger partial charge is 0.418 e. The number of nitrogens with two attached hydrogens (primary N) is 1. The molecular formula is C23H26F5N5O3S. The van der Waals surface area contributed by atoms with E-state index in [0.29, 0.717) is 6.20 Å². The maximum Gasteiger partial charge on any atom is 0.418 e. The maximum absolute atomic E-state index is 13.9. The fourth-order valence-electron chi connectivity index (χ4n) is 3.95. The Morgan fingerprint density at radius 1 is 1.24 bits per heavy atom. The first-order chi connectivity index (χ1) is 17.1. The van der Waals surface area contributed by atoms with Gasteiger partial charge in [-0.25, -0.2) is 18.0 Å². The molecule has 0 aliphatic carbocycles. The van der Waals surface area contributed by atoms with Crippen LogP contribution >= 0.6 is 0 Å². The number of alkyl halides is 5. The summed E-state index contributed by atoms with van der Waals surface area (Å²) < 4.78 is 85.1. The predicted octanol–water partition coefficient (Wildman–Crippen LogP) is 4.23. The Morgan fingerprint density at radius 3 is 2.59 bits per heavy atom. The van der Waals surface area contributed by atoms with E-state index >= 15 is 0 Å². The number of nitrogens with one attached hydrogen (secondary N) is 1. The maximum atomic E-state index is 13.9. The van der Waals surface area contributed by atoms with Gasteiger partial charge >= 0.3 is 6.18 Å². The van der Waals surface area contributed by atoms with E-state index < -0.39 is 63.3 Å². The van der Waals surface area contributed by atoms with Crippen LogP contribution in [0.5, 0.6) is 0 Å². The third kappa shape index (κ3) is 6.80. The van der Waals surface area contributed by atoms with Crippen molar-refractivity contribution in [1.29, 1.82) is 0 Å². The van der Waals surface area contributed by atoms with Crippen LogP contribution in [-0.2, 0) is 20.7 Å². The summed E-state index contributed by atoms with van der Waals surface area (Å²) in [6.45, 7) is 0.545. The molecule has 1 atom stereocenters. The molecule has 1 aromatic carbocycles. The molecule has 202 valence electrons. The van der Waals surface area contributed by atoms with Gasteiger partial charge in [0.25, 0.3) is 11.8 Å². The molecule has 1 aliphatic rings. The first-order valence-electron chi connectivity index (χ1n) is 11.2. The molecule has 1 saturated heterocycles. The summed E-state index contributed by atoms with van der Waals surface area (Å²) in [4.78, 5) is 30.2. The molecule has 8 nitrogen and oxygen atoms in total. The van der Waals surface area contributed by atoms with Crippen molar-refractivity contribution < 1.29 is 35.8 Å². The second-order valence-electron chi connectivity index (χ2n) is 8.66. The van der Waals surface area contributed by atoms with E-state index in [4.69, 9.17) is 5.73 Å². The van der Waals surface area contributed by atoms with Gasteiger partial charge in [0.1, 0.15) is 5.82 Å². The van der Waals surface area contributed by atoms with Crippen molar-refractivity contribution in [2.24, 2.45) is 10.1 Å². The average molecular weight is 548 g/mol. The summed E-state index contributed by atoms with van der Waals surface area (Å²) in [5.74, 6) is -4.82. The average Bonchev–Trinajstić information content (AvgIpc) is 2.98. The second kappa shape index (κ2) is 10.7. The summed E-state index contributed by atoms with van der Waals surface area (Å²) in [5, 5.41) is 2.47. The molecule has 0 saturated carbocycles. The van der Waals surface area contributed by atoms with Crippen molar-refractivity contribution in [2.45, 2.75) is 43.2 Å². The van der Waals surface area contributed by atoms with Crippen LogP contribution in [0.1, 0.15) is 40.7 Å². The summed E-state index contributed by atoms with van der Waals surface area (Å²) in [6, 6.07) is 5.51. The number of anilines is 2. The number of hydrogen-bond acceptors (Lipinski definition) is 6. The van der Waals surface area contributed by atoms with Gasteiger partial charge in [-0.2, -0.15) is 17.5 Å². The number of aromatic nitrogens is 1. The van der Waals surface area contributed by atoms with Crippen molar-refractivity contribution in [3.8, 4) is 0 Å². The molecule has 0 bridgehead atoms. The standard InChI is InChI=1S/C23H26F5N5O3S/c1-14-17(23(26,27)28)13-30-20(33-9-4-7-22(24,25)8-10-33)19(14)21(35)31-15-5-3-6-16(11-15)37(2,36)32-18(34)12-29/h3,5-6,11,13H,4,7-10,12,29H2,1-2H3,(H,31,35)/t37-/m1/s1. The lowest BCUT2D eigenvalue weighted by molar-refractivity contribution is -0.138. The number of rotatable bonds is 5. The number of amides is 2. The van der Waals surface area contributed by atoms with Gasteiger partial charge < -0.3 is 16.0 Å². The van der Waals surface area contributed by atoms with Crippen molar-refractivity contribution in [3.05, 3.63) is 47.2 Å². The van der Waals surface area contributed by atoms with E-state index in [1.165, 1.54) is 35.4 Å². The zero-order chi connectivity index (χ0) is 27.6. The predicted molar refractivity (Wildman–Crippen MR) is 128 cm³/mol. The molecule has 0 unspecified atom stereocenters. The molecule has 37 heavy (non-hydrogen) atoms. The number of carbonyl (C=O) groups is 2. The smallest absolute Gasteiger partial charge is 0.356 e. The van der Waals surface area contributed by atoms with Gasteiger partial charge in [-0.15, -0.1) is 0 Å². The van der Waals surface area contributed by atoms with Crippen LogP contribution < -0.4 is 16.0 Å². The third-order valence-electron chi connectivity index (χ3n) is 5.85. The first-order valence-corrected chi connectivity index (χ1v) is 13.1. The third-order valence-corrected chi connectivity index (χ3v) is 7.53. The quantitative estimate of drug-likeness (QED) is 0.541. The molecule has 0 spiro atoms. The Kier molecular flexibility index (Phi) is 8.22. The van der Waals surface area contributed by atoms with Crippen LogP contribution in [0.25, 0.3) is 0 Å². The van der Waals surface area contributed by atoms with Gasteiger partial charge in [0, 0.05) is 49.0 Å². The molecule has 3 rings (SSSR count). The Hall–Kier alpha value is -3.13. The van der Waals surface area contributed by atoms with Crippen molar-refractivity contribution in [3.63, 3.8) is 0 Å². The van der Waals surface area contributed by atoms with Crippen LogP contribution in [0.3, 0.4) is 0 Å². The van der Waals surface area contributed by atoms with Gasteiger partial charge in [0.05, 0.1) is 27.4 Å². The van der Waals surface area contributed by atoms with E-state index in [2.05, 4.69) is 14.7 Å². The van der Waals surface area contributed by atoms with Crippen LogP contribution in [0, 0.1) is 6.92 Å². The number of hydrogen-bond donors (Lipinski definition) is 2. The zero-order valence-corrected chi connectivity index (χ0v) is 20.9. The second-order valence-corrected chi connectivity index (χ2v) is 10.9. The highest BCUT2D eigenvalue weighted by atomic mass is 32.2. The lowest BCUT2D eigenvalue weighted by Gasteiger charge is -2.26. The van der Waals surface area contributed by atoms with E-state index in [0.717, 1.165) is 6.92 Å². The van der Waals surface area contributed by atoms with Crippen LogP contribution in [0.2, 0.25) is 0 Å². The van der Waals surface area contributed by atoms with Crippen LogP contribution in [0.15, 0.2) is 39.7 Å². The van der Waals surface area contributed by atoms with E-state index in [1.807, 2.05) is 0 Å². The number of benzene rings is 1. The highest BCUT2D eigenvalue weighted by molar-refractivity contribution is 7.93. The summed E-state index contributed by atoms with van der Waals surface area (Å²) in [7, 11) is -3.22. The molecule has 1 aliphatic heterocycles. The van der Waals surface area contributed by atoms with Gasteiger partial charge in [0.2, 0.25) is 5.92 Å². The Labute approximate surface area is 210 Å². The molecule has 2 heterocycles. The molecule has 2 amide bonds. The summed E-state index contributed by atoms with van der Waals surface area (Å²) in [6.07, 6.45) is -3.86. The van der Waals surface area contributed by atoms with Crippen molar-refractivity contribution >= 4 is 33.0 Å². The van der Waals surface area contributed by atoms with Crippen LogP contribution in [0.4, 0.5) is 33.5 Å². The molecule has 2 aromatic rings. The van der Waals surface area contributed by atoms with E-state index in [1.54, 1.807) is 0 Å². The number of halogens is 5. The van der Waals surface area contributed by atoms with Crippen LogP contribution in [-0.4, -0.2) is 52.8 Å². The molecular weight excluding hydrogens is 521 g/mol. The lowest BCUT2D eigenvalue weighted by Crippen LogP contribution is -2.30. The zero-order valence-electron chi connectivity index (χ0n) is 20.1. The molecule has 1 aromatic heterocycles. The lowest BCUT2D eigenvalue weighted by atomic mass is 10.0. The molecule has 14 heteroatoms. The Bertz CT molecular complexity index is 1320. The van der Waals surface area contributed by atoms with Gasteiger partial charge in [0.15, 0.2) is 0 Å². The van der Waals surface area contributed by atoms with Gasteiger partial charge in [-0.05, 0) is 37.1 Å². The minimum Gasteiger partial charge on any atom is -0.356 e. The number of pyridine rings is 1. The number of nitrogens with zero attached hydrogens (tertiary/aromatic N) is 3. The summed E-state index contributed by atoms with van der Waals surface area (Å²) in [5.41, 5.74) is 3.33. The normalized spacial score (nSPS) is 17.5. The topological polar surface area (TPSA) is 118 Å². The molecule has 0 radical (unpaired) electrons. The van der Waals surface area contributed by atoms with Gasteiger partial charge in [-0.1, -0.05) is 6.07 Å².